The topological polar surface area (TPSA) is 63.6 Å². The fraction of sp³-hybridized carbons (Fsp3) is 0.364. The maximum Gasteiger partial charge on any atom is 0.268 e. The van der Waals surface area contributed by atoms with Crippen molar-refractivity contribution in [1.29, 1.82) is 0 Å². The van der Waals surface area contributed by atoms with E-state index in [0.717, 1.165) is 43.5 Å². The summed E-state index contributed by atoms with van der Waals surface area (Å²) in [5.74, 6) is 0.627. The van der Waals surface area contributed by atoms with Crippen molar-refractivity contribution in [2.75, 3.05) is 32.1 Å². The van der Waals surface area contributed by atoms with E-state index in [0.29, 0.717) is 17.3 Å². The van der Waals surface area contributed by atoms with Crippen LogP contribution in [0.15, 0.2) is 59.6 Å². The van der Waals surface area contributed by atoms with Crippen LogP contribution in [0.2, 0.25) is 0 Å². The molecule has 1 fully saturated rings. The minimum absolute atomic E-state index is 0.237. The van der Waals surface area contributed by atoms with Crippen LogP contribution < -0.4 is 10.1 Å². The molecule has 1 N–H and O–H groups in total. The second-order valence-corrected chi connectivity index (χ2v) is 9.20. The number of nitrogens with zero attached hydrogens (tertiary/aromatic N) is 2. The molecule has 1 aromatic heterocycles. The van der Waals surface area contributed by atoms with Crippen LogP contribution in [0.25, 0.3) is 10.9 Å². The molecule has 0 saturated carbocycles. The third-order valence-corrected chi connectivity index (χ3v) is 7.41. The van der Waals surface area contributed by atoms with Crippen molar-refractivity contribution < 1.29 is 13.2 Å². The van der Waals surface area contributed by atoms with Gasteiger partial charge in [0.2, 0.25) is 0 Å². The van der Waals surface area contributed by atoms with E-state index in [9.17, 15) is 8.42 Å². The zero-order valence-electron chi connectivity index (χ0n) is 16.8. The van der Waals surface area contributed by atoms with Gasteiger partial charge in [-0.3, -0.25) is 0 Å². The molecular weight excluding hydrogens is 386 g/mol. The molecule has 1 aliphatic heterocycles. The number of nitrogens with one attached hydrogen (secondary N) is 1. The first-order chi connectivity index (χ1) is 14.0. The predicted molar refractivity (Wildman–Crippen MR) is 116 cm³/mol. The Morgan fingerprint density at radius 3 is 2.45 bits per heavy atom. The van der Waals surface area contributed by atoms with Crippen molar-refractivity contribution >= 4 is 26.6 Å². The molecule has 0 atom stereocenters. The van der Waals surface area contributed by atoms with Gasteiger partial charge in [0.25, 0.3) is 10.0 Å². The van der Waals surface area contributed by atoms with E-state index in [1.165, 1.54) is 3.97 Å². The van der Waals surface area contributed by atoms with Crippen LogP contribution in [-0.2, 0) is 10.0 Å². The monoisotopic (exact) mass is 413 g/mol. The molecule has 154 valence electrons. The minimum Gasteiger partial charge on any atom is -0.497 e. The molecule has 1 aliphatic rings. The highest BCUT2D eigenvalue weighted by atomic mass is 32.2. The van der Waals surface area contributed by atoms with Crippen molar-refractivity contribution in [2.45, 2.75) is 30.7 Å². The second kappa shape index (κ2) is 8.08. The van der Waals surface area contributed by atoms with E-state index in [1.807, 2.05) is 24.3 Å². The molecule has 3 aromatic rings. The number of rotatable bonds is 6. The average molecular weight is 414 g/mol. The number of fused-ring (bicyclic) bond motifs is 1. The second-order valence-electron chi connectivity index (χ2n) is 7.38. The molecule has 0 bridgehead atoms. The lowest BCUT2D eigenvalue weighted by molar-refractivity contribution is 0.229. The summed E-state index contributed by atoms with van der Waals surface area (Å²) >= 11 is 0. The first-order valence-electron chi connectivity index (χ1n) is 10.0. The van der Waals surface area contributed by atoms with Crippen molar-refractivity contribution in [1.82, 2.24) is 8.87 Å². The van der Waals surface area contributed by atoms with Crippen LogP contribution in [0.3, 0.4) is 0 Å². The number of methoxy groups -OCH3 is 1. The molecule has 2 heterocycles. The van der Waals surface area contributed by atoms with Crippen LogP contribution in [0.1, 0.15) is 19.8 Å². The Balaban J connectivity index is 1.63. The van der Waals surface area contributed by atoms with Crippen molar-refractivity contribution in [3.8, 4) is 5.75 Å². The van der Waals surface area contributed by atoms with E-state index < -0.39 is 10.0 Å². The molecule has 0 aliphatic carbocycles. The maximum atomic E-state index is 13.2. The Labute approximate surface area is 172 Å². The third kappa shape index (κ3) is 3.84. The normalized spacial score (nSPS) is 16.2. The van der Waals surface area contributed by atoms with E-state index in [-0.39, 0.29) is 4.90 Å². The fourth-order valence-corrected chi connectivity index (χ4v) is 5.30. The summed E-state index contributed by atoms with van der Waals surface area (Å²) in [5.41, 5.74) is 1.66. The van der Waals surface area contributed by atoms with Gasteiger partial charge in [-0.15, -0.1) is 0 Å². The first-order valence-corrected chi connectivity index (χ1v) is 11.5. The number of piperidine rings is 1. The van der Waals surface area contributed by atoms with Gasteiger partial charge in [-0.2, -0.15) is 0 Å². The lowest BCUT2D eigenvalue weighted by Gasteiger charge is -2.32. The Morgan fingerprint density at radius 1 is 1.07 bits per heavy atom. The molecule has 2 aromatic carbocycles. The SMILES string of the molecule is CCN1CCC(Nc2cccc3c2ccn3S(=O)(=O)c2ccc(OC)cc2)CC1. The van der Waals surface area contributed by atoms with Gasteiger partial charge in [-0.05, 0) is 61.9 Å². The van der Waals surface area contributed by atoms with Gasteiger partial charge in [0.05, 0.1) is 17.5 Å². The fourth-order valence-electron chi connectivity index (χ4n) is 3.95. The number of hydrogen-bond acceptors (Lipinski definition) is 5. The summed E-state index contributed by atoms with van der Waals surface area (Å²) < 4.78 is 32.8. The molecular formula is C22H27N3O3S. The zero-order valence-corrected chi connectivity index (χ0v) is 17.7. The van der Waals surface area contributed by atoms with Crippen LogP contribution in [-0.4, -0.2) is 50.1 Å². The molecule has 0 spiro atoms. The van der Waals surface area contributed by atoms with Crippen LogP contribution in [0, 0.1) is 0 Å². The number of benzene rings is 2. The highest BCUT2D eigenvalue weighted by molar-refractivity contribution is 7.90. The smallest absolute Gasteiger partial charge is 0.268 e. The Bertz CT molecular complexity index is 1080. The molecule has 4 rings (SSSR count). The van der Waals surface area contributed by atoms with E-state index in [4.69, 9.17) is 4.74 Å². The maximum absolute atomic E-state index is 13.2. The molecule has 7 heteroatoms. The average Bonchev–Trinajstić information content (AvgIpc) is 3.20. The third-order valence-electron chi connectivity index (χ3n) is 5.71. The van der Waals surface area contributed by atoms with E-state index in [2.05, 4.69) is 17.1 Å². The van der Waals surface area contributed by atoms with Gasteiger partial charge < -0.3 is 15.0 Å². The lowest BCUT2D eigenvalue weighted by atomic mass is 10.0. The van der Waals surface area contributed by atoms with Gasteiger partial charge in [0.1, 0.15) is 5.75 Å². The Kier molecular flexibility index (Phi) is 5.52. The summed E-state index contributed by atoms with van der Waals surface area (Å²) in [5, 5.41) is 4.56. The van der Waals surface area contributed by atoms with E-state index in [1.54, 1.807) is 37.6 Å². The molecule has 6 nitrogen and oxygen atoms in total. The molecule has 0 unspecified atom stereocenters. The molecule has 29 heavy (non-hydrogen) atoms. The summed E-state index contributed by atoms with van der Waals surface area (Å²) in [7, 11) is -2.12. The quantitative estimate of drug-likeness (QED) is 0.666. The minimum atomic E-state index is -3.68. The standard InChI is InChI=1S/C22H27N3O3S/c1-3-24-14-11-17(12-15-24)23-21-5-4-6-22-20(21)13-16-25(22)29(26,27)19-9-7-18(28-2)8-10-19/h4-10,13,16-17,23H,3,11-12,14-15H2,1-2H3. The molecule has 0 radical (unpaired) electrons. The number of aromatic nitrogens is 1. The highest BCUT2D eigenvalue weighted by Crippen LogP contribution is 2.29. The lowest BCUT2D eigenvalue weighted by Crippen LogP contribution is -2.38. The first kappa shape index (κ1) is 19.8. The number of likely N-dealkylation sites (tertiary alicyclic amines) is 1. The number of hydrogen-bond donors (Lipinski definition) is 1. The number of ether oxygens (including phenoxy) is 1. The highest BCUT2D eigenvalue weighted by Gasteiger charge is 2.22. The van der Waals surface area contributed by atoms with Crippen LogP contribution in [0.5, 0.6) is 5.75 Å². The van der Waals surface area contributed by atoms with E-state index >= 15 is 0 Å². The van der Waals surface area contributed by atoms with Gasteiger partial charge in [-0.1, -0.05) is 13.0 Å². The Morgan fingerprint density at radius 2 is 1.79 bits per heavy atom. The summed E-state index contributed by atoms with van der Waals surface area (Å²) in [6.45, 7) is 5.48. The Hall–Kier alpha value is -2.51. The number of anilines is 1. The molecule has 0 amide bonds. The van der Waals surface area contributed by atoms with Gasteiger partial charge in [0.15, 0.2) is 0 Å². The van der Waals surface area contributed by atoms with Crippen LogP contribution >= 0.6 is 0 Å². The predicted octanol–water partition coefficient (Wildman–Crippen LogP) is 3.78. The largest absolute Gasteiger partial charge is 0.497 e. The van der Waals surface area contributed by atoms with Gasteiger partial charge in [-0.25, -0.2) is 12.4 Å². The van der Waals surface area contributed by atoms with Crippen LogP contribution in [0.4, 0.5) is 5.69 Å². The van der Waals surface area contributed by atoms with Crippen molar-refractivity contribution in [2.24, 2.45) is 0 Å². The summed E-state index contributed by atoms with van der Waals surface area (Å²) in [6, 6.07) is 14.5. The molecule has 1 saturated heterocycles. The van der Waals surface area contributed by atoms with Crippen molar-refractivity contribution in [3.63, 3.8) is 0 Å². The van der Waals surface area contributed by atoms with Gasteiger partial charge in [0, 0.05) is 36.4 Å². The summed E-state index contributed by atoms with van der Waals surface area (Å²) in [4.78, 5) is 2.69. The van der Waals surface area contributed by atoms with Gasteiger partial charge >= 0.3 is 0 Å². The van der Waals surface area contributed by atoms with Crippen molar-refractivity contribution in [3.05, 3.63) is 54.7 Å². The summed E-state index contributed by atoms with van der Waals surface area (Å²) in [6.07, 6.45) is 3.82. The zero-order chi connectivity index (χ0) is 20.4.